The molecule has 2 aromatic carbocycles. The van der Waals surface area contributed by atoms with Crippen LogP contribution in [0, 0.1) is 0 Å². The molecule has 0 unspecified atom stereocenters. The Bertz CT molecular complexity index is 861. The summed E-state index contributed by atoms with van der Waals surface area (Å²) in [6.07, 6.45) is -0.0986. The van der Waals surface area contributed by atoms with Gasteiger partial charge in [0.15, 0.2) is 11.9 Å². The van der Waals surface area contributed by atoms with Crippen LogP contribution in [-0.4, -0.2) is 35.5 Å². The second-order valence-corrected chi connectivity index (χ2v) is 5.94. The molecule has 7 heteroatoms. The number of para-hydroxylation sites is 1. The van der Waals surface area contributed by atoms with E-state index in [2.05, 4.69) is 10.6 Å². The lowest BCUT2D eigenvalue weighted by Gasteiger charge is -2.25. The van der Waals surface area contributed by atoms with Crippen molar-refractivity contribution in [2.75, 3.05) is 11.9 Å². The molecule has 0 fully saturated rings. The van der Waals surface area contributed by atoms with Gasteiger partial charge in [-0.1, -0.05) is 18.2 Å². The molecule has 0 spiro atoms. The van der Waals surface area contributed by atoms with Crippen molar-refractivity contribution >= 4 is 23.5 Å². The molecule has 2 amide bonds. The lowest BCUT2D eigenvalue weighted by molar-refractivity contribution is -0.122. The van der Waals surface area contributed by atoms with Crippen LogP contribution in [0.25, 0.3) is 0 Å². The molecule has 2 aromatic rings. The molecule has 1 aliphatic heterocycles. The molecule has 26 heavy (non-hydrogen) atoms. The average molecular weight is 354 g/mol. The molecular formula is C19H18N2O5. The van der Waals surface area contributed by atoms with Gasteiger partial charge in [-0.2, -0.15) is 0 Å². The number of carboxylic acid groups (broad SMARTS) is 1. The van der Waals surface area contributed by atoms with Crippen molar-refractivity contribution in [3.05, 3.63) is 59.2 Å². The van der Waals surface area contributed by atoms with Gasteiger partial charge in [-0.05, 0) is 43.2 Å². The third kappa shape index (κ3) is 3.66. The topological polar surface area (TPSA) is 105 Å². The lowest BCUT2D eigenvalue weighted by atomic mass is 10.1. The maximum Gasteiger partial charge on any atom is 0.335 e. The Balaban J connectivity index is 1.63. The molecule has 3 rings (SSSR count). The zero-order valence-corrected chi connectivity index (χ0v) is 14.1. The lowest BCUT2D eigenvalue weighted by Crippen LogP contribution is -2.36. The summed E-state index contributed by atoms with van der Waals surface area (Å²) in [6, 6.07) is 11.5. The van der Waals surface area contributed by atoms with Crippen molar-refractivity contribution in [1.82, 2.24) is 5.32 Å². The van der Waals surface area contributed by atoms with Crippen LogP contribution < -0.4 is 15.4 Å². The van der Waals surface area contributed by atoms with Crippen LogP contribution in [-0.2, 0) is 11.2 Å². The molecule has 0 bridgehead atoms. The fraction of sp³-hybridized carbons (Fsp3) is 0.211. The number of carboxylic acids is 1. The van der Waals surface area contributed by atoms with Crippen LogP contribution in [0.4, 0.5) is 5.69 Å². The second-order valence-electron chi connectivity index (χ2n) is 5.94. The Morgan fingerprint density at radius 1 is 1.19 bits per heavy atom. The van der Waals surface area contributed by atoms with E-state index in [-0.39, 0.29) is 17.4 Å². The van der Waals surface area contributed by atoms with Gasteiger partial charge >= 0.3 is 5.97 Å². The summed E-state index contributed by atoms with van der Waals surface area (Å²) in [4.78, 5) is 35.0. The Hall–Kier alpha value is -3.35. The van der Waals surface area contributed by atoms with Crippen molar-refractivity contribution in [3.63, 3.8) is 0 Å². The largest absolute Gasteiger partial charge is 0.478 e. The predicted octanol–water partition coefficient (Wildman–Crippen LogP) is 2.08. The van der Waals surface area contributed by atoms with Crippen molar-refractivity contribution in [1.29, 1.82) is 0 Å². The van der Waals surface area contributed by atoms with E-state index in [1.807, 2.05) is 0 Å². The Labute approximate surface area is 150 Å². The molecule has 0 radical (unpaired) electrons. The van der Waals surface area contributed by atoms with Crippen molar-refractivity contribution in [3.8, 4) is 5.75 Å². The van der Waals surface area contributed by atoms with Gasteiger partial charge in [-0.15, -0.1) is 0 Å². The van der Waals surface area contributed by atoms with E-state index in [4.69, 9.17) is 9.84 Å². The number of hydrogen-bond acceptors (Lipinski definition) is 4. The van der Waals surface area contributed by atoms with Gasteiger partial charge in [-0.25, -0.2) is 4.79 Å². The minimum atomic E-state index is -0.972. The molecule has 0 aromatic heterocycles. The molecule has 0 aliphatic carbocycles. The number of ether oxygens (including phenoxy) is 1. The molecule has 1 atom stereocenters. The first-order valence-corrected chi connectivity index (χ1v) is 8.16. The van der Waals surface area contributed by atoms with E-state index in [0.717, 1.165) is 5.56 Å². The molecule has 0 saturated carbocycles. The highest BCUT2D eigenvalue weighted by atomic mass is 16.5. The predicted molar refractivity (Wildman–Crippen MR) is 94.6 cm³/mol. The van der Waals surface area contributed by atoms with Crippen LogP contribution in [0.1, 0.15) is 33.2 Å². The van der Waals surface area contributed by atoms with E-state index >= 15 is 0 Å². The van der Waals surface area contributed by atoms with Crippen molar-refractivity contribution < 1.29 is 24.2 Å². The number of carbonyl (C=O) groups excluding carboxylic acids is 2. The summed E-state index contributed by atoms with van der Waals surface area (Å²) < 4.78 is 5.57. The van der Waals surface area contributed by atoms with Gasteiger partial charge in [0.05, 0.1) is 16.8 Å². The van der Waals surface area contributed by atoms with E-state index in [1.54, 1.807) is 37.3 Å². The SMILES string of the molecule is C[C@@H]1Oc2c(cccc2C(=O)NCCc2ccc(C(=O)O)cc2)NC1=O. The smallest absolute Gasteiger partial charge is 0.335 e. The van der Waals surface area contributed by atoms with Gasteiger partial charge in [0.1, 0.15) is 0 Å². The Morgan fingerprint density at radius 3 is 2.62 bits per heavy atom. The molecule has 1 aliphatic rings. The molecule has 134 valence electrons. The summed E-state index contributed by atoms with van der Waals surface area (Å²) in [5.74, 6) is -1.16. The first-order chi connectivity index (χ1) is 12.5. The number of fused-ring (bicyclic) bond motifs is 1. The molecule has 7 nitrogen and oxygen atoms in total. The highest BCUT2D eigenvalue weighted by Crippen LogP contribution is 2.33. The summed E-state index contributed by atoms with van der Waals surface area (Å²) in [6.45, 7) is 2.00. The van der Waals surface area contributed by atoms with Crippen molar-refractivity contribution in [2.24, 2.45) is 0 Å². The van der Waals surface area contributed by atoms with Gasteiger partial charge in [0, 0.05) is 6.54 Å². The van der Waals surface area contributed by atoms with Gasteiger partial charge < -0.3 is 20.5 Å². The van der Waals surface area contributed by atoms with Gasteiger partial charge in [0.2, 0.25) is 0 Å². The van der Waals surface area contributed by atoms with Crippen LogP contribution in [0.15, 0.2) is 42.5 Å². The quantitative estimate of drug-likeness (QED) is 0.762. The molecule has 0 saturated heterocycles. The number of benzene rings is 2. The summed E-state index contributed by atoms with van der Waals surface area (Å²) in [7, 11) is 0. The maximum absolute atomic E-state index is 12.5. The number of carbonyl (C=O) groups is 3. The number of hydrogen-bond donors (Lipinski definition) is 3. The number of nitrogens with one attached hydrogen (secondary N) is 2. The number of aromatic carboxylic acids is 1. The third-order valence-corrected chi connectivity index (χ3v) is 4.08. The fourth-order valence-electron chi connectivity index (χ4n) is 2.64. The minimum Gasteiger partial charge on any atom is -0.478 e. The maximum atomic E-state index is 12.5. The van der Waals surface area contributed by atoms with Crippen LogP contribution in [0.3, 0.4) is 0 Å². The third-order valence-electron chi connectivity index (χ3n) is 4.08. The summed E-state index contributed by atoms with van der Waals surface area (Å²) in [5, 5.41) is 14.4. The second kappa shape index (κ2) is 7.26. The molecule has 3 N–H and O–H groups in total. The molecular weight excluding hydrogens is 336 g/mol. The zero-order chi connectivity index (χ0) is 18.7. The highest BCUT2D eigenvalue weighted by Gasteiger charge is 2.27. The van der Waals surface area contributed by atoms with E-state index in [1.165, 1.54) is 12.1 Å². The summed E-state index contributed by atoms with van der Waals surface area (Å²) >= 11 is 0. The number of amides is 2. The van der Waals surface area contributed by atoms with Gasteiger partial charge in [0.25, 0.3) is 11.8 Å². The first kappa shape index (κ1) is 17.5. The zero-order valence-electron chi connectivity index (χ0n) is 14.1. The van der Waals surface area contributed by atoms with Crippen LogP contribution in [0.2, 0.25) is 0 Å². The first-order valence-electron chi connectivity index (χ1n) is 8.16. The van der Waals surface area contributed by atoms with Crippen LogP contribution in [0.5, 0.6) is 5.75 Å². The average Bonchev–Trinajstić information content (AvgIpc) is 2.62. The normalized spacial score (nSPS) is 15.4. The Morgan fingerprint density at radius 2 is 1.92 bits per heavy atom. The van der Waals surface area contributed by atoms with Gasteiger partial charge in [-0.3, -0.25) is 9.59 Å². The number of anilines is 1. The van der Waals surface area contributed by atoms with E-state index in [0.29, 0.717) is 30.0 Å². The van der Waals surface area contributed by atoms with E-state index < -0.39 is 12.1 Å². The van der Waals surface area contributed by atoms with Crippen LogP contribution >= 0.6 is 0 Å². The fourth-order valence-corrected chi connectivity index (χ4v) is 2.64. The number of rotatable bonds is 5. The van der Waals surface area contributed by atoms with E-state index in [9.17, 15) is 14.4 Å². The Kier molecular flexibility index (Phi) is 4.88. The monoisotopic (exact) mass is 354 g/mol. The van der Waals surface area contributed by atoms with Crippen molar-refractivity contribution in [2.45, 2.75) is 19.4 Å². The molecule has 1 heterocycles. The summed E-state index contributed by atoms with van der Waals surface area (Å²) in [5.41, 5.74) is 1.98. The standard InChI is InChI=1S/C19H18N2O5/c1-11-17(22)21-15-4-2-3-14(16(15)26-11)18(23)20-10-9-12-5-7-13(8-6-12)19(24)25/h2-8,11H,9-10H2,1H3,(H,20,23)(H,21,22)(H,24,25)/t11-/m0/s1. The highest BCUT2D eigenvalue weighted by molar-refractivity contribution is 6.04. The minimum absolute atomic E-state index is 0.224.